The first-order chi connectivity index (χ1) is 15.5. The van der Waals surface area contributed by atoms with Crippen molar-refractivity contribution >= 4 is 54.1 Å². The van der Waals surface area contributed by atoms with Crippen LogP contribution in [0.3, 0.4) is 0 Å². The zero-order valence-electron chi connectivity index (χ0n) is 19.2. The zero-order chi connectivity index (χ0) is 22.7. The molecule has 3 aliphatic rings. The summed E-state index contributed by atoms with van der Waals surface area (Å²) >= 11 is 0. The molecule has 2 saturated heterocycles. The molecule has 0 aromatic heterocycles. The molecule has 34 heavy (non-hydrogen) atoms. The number of piperazine rings is 1. The number of hydrogen-bond donors (Lipinski definition) is 2. The van der Waals surface area contributed by atoms with Crippen LogP contribution in [0, 0.1) is 0 Å². The van der Waals surface area contributed by atoms with Gasteiger partial charge < -0.3 is 10.6 Å². The van der Waals surface area contributed by atoms with E-state index in [2.05, 4.69) is 15.1 Å². The number of carbonyl (C=O) groups excluding carboxylic acids is 4. The molecule has 3 heterocycles. The normalized spacial score (nSPS) is 20.6. The molecule has 1 aromatic carbocycles. The van der Waals surface area contributed by atoms with Gasteiger partial charge in [0.15, 0.2) is 0 Å². The summed E-state index contributed by atoms with van der Waals surface area (Å²) in [7, 11) is 0. The molecule has 4 amide bonds. The van der Waals surface area contributed by atoms with Gasteiger partial charge in [-0.15, -0.1) is 24.8 Å². The number of rotatable bonds is 8. The largest absolute Gasteiger partial charge is 0.368 e. The second-order valence-corrected chi connectivity index (χ2v) is 8.68. The molecule has 1 atom stereocenters. The molecule has 9 nitrogen and oxygen atoms in total. The first-order valence-electron chi connectivity index (χ1n) is 11.5. The number of anilines is 1. The highest BCUT2D eigenvalue weighted by atomic mass is 35.5. The van der Waals surface area contributed by atoms with Gasteiger partial charge in [-0.2, -0.15) is 0 Å². The van der Waals surface area contributed by atoms with Crippen molar-refractivity contribution in [1.82, 2.24) is 15.1 Å². The predicted molar refractivity (Wildman–Crippen MR) is 134 cm³/mol. The Morgan fingerprint density at radius 3 is 2.29 bits per heavy atom. The van der Waals surface area contributed by atoms with E-state index in [0.717, 1.165) is 62.7 Å². The van der Waals surface area contributed by atoms with E-state index in [9.17, 15) is 19.2 Å². The molecule has 0 saturated carbocycles. The number of halogens is 2. The van der Waals surface area contributed by atoms with Crippen molar-refractivity contribution < 1.29 is 19.2 Å². The van der Waals surface area contributed by atoms with Crippen LogP contribution in [0.4, 0.5) is 5.69 Å². The quantitative estimate of drug-likeness (QED) is 0.400. The van der Waals surface area contributed by atoms with Gasteiger partial charge in [0.1, 0.15) is 6.04 Å². The van der Waals surface area contributed by atoms with Gasteiger partial charge in [-0.05, 0) is 44.5 Å². The van der Waals surface area contributed by atoms with Crippen LogP contribution in [-0.2, 0) is 9.59 Å². The SMILES string of the molecule is Cl.Cl.NCCCCCCN1CCN(c2cccc3c2C(=O)N(C2CCC(=O)NC2=O)C3=O)CC1. The monoisotopic (exact) mass is 513 g/mol. The fraction of sp³-hybridized carbons (Fsp3) is 0.565. The van der Waals surface area contributed by atoms with Crippen molar-refractivity contribution in [1.29, 1.82) is 0 Å². The molecular formula is C23H33Cl2N5O4. The van der Waals surface area contributed by atoms with Gasteiger partial charge >= 0.3 is 0 Å². The number of amides is 4. The topological polar surface area (TPSA) is 116 Å². The van der Waals surface area contributed by atoms with E-state index in [1.54, 1.807) is 12.1 Å². The number of unbranched alkanes of at least 4 members (excludes halogenated alkanes) is 3. The molecule has 188 valence electrons. The Hall–Kier alpha value is -2.20. The van der Waals surface area contributed by atoms with E-state index in [0.29, 0.717) is 11.1 Å². The fourth-order valence-electron chi connectivity index (χ4n) is 4.81. The number of hydrogen-bond acceptors (Lipinski definition) is 7. The minimum absolute atomic E-state index is 0. The van der Waals surface area contributed by atoms with E-state index in [4.69, 9.17) is 5.73 Å². The smallest absolute Gasteiger partial charge is 0.264 e. The van der Waals surface area contributed by atoms with Gasteiger partial charge in [-0.3, -0.25) is 34.3 Å². The van der Waals surface area contributed by atoms with E-state index in [1.807, 2.05) is 6.07 Å². The lowest BCUT2D eigenvalue weighted by Gasteiger charge is -2.36. The number of piperidine rings is 1. The van der Waals surface area contributed by atoms with E-state index >= 15 is 0 Å². The standard InChI is InChI=1S/C23H31N5O4.2ClH/c24-10-3-1-2-4-11-26-12-14-27(15-13-26)17-7-5-6-16-20(17)23(32)28(22(16)31)18-8-9-19(29)25-21(18)30;;/h5-7,18H,1-4,8-15,24H2,(H,25,29,30);2*1H. The number of fused-ring (bicyclic) bond motifs is 1. The molecule has 3 N–H and O–H groups in total. The number of imide groups is 2. The summed E-state index contributed by atoms with van der Waals surface area (Å²) < 4.78 is 0. The molecule has 4 rings (SSSR count). The lowest BCUT2D eigenvalue weighted by atomic mass is 10.0. The summed E-state index contributed by atoms with van der Waals surface area (Å²) in [5.41, 5.74) is 7.00. The van der Waals surface area contributed by atoms with E-state index in [1.165, 1.54) is 12.8 Å². The van der Waals surface area contributed by atoms with Crippen molar-refractivity contribution in [3.63, 3.8) is 0 Å². The van der Waals surface area contributed by atoms with E-state index < -0.39 is 23.8 Å². The third kappa shape index (κ3) is 5.71. The first-order valence-corrected chi connectivity index (χ1v) is 11.5. The Bertz CT molecular complexity index is 921. The minimum Gasteiger partial charge on any atom is -0.368 e. The minimum atomic E-state index is -0.941. The molecule has 3 aliphatic heterocycles. The van der Waals surface area contributed by atoms with E-state index in [-0.39, 0.29) is 43.6 Å². The van der Waals surface area contributed by atoms with Gasteiger partial charge in [0.05, 0.1) is 16.8 Å². The van der Waals surface area contributed by atoms with Crippen LogP contribution in [-0.4, -0.2) is 78.7 Å². The second kappa shape index (κ2) is 12.5. The Kier molecular flexibility index (Phi) is 10.3. The maximum atomic E-state index is 13.3. The summed E-state index contributed by atoms with van der Waals surface area (Å²) in [6.07, 6.45) is 4.88. The fourth-order valence-corrected chi connectivity index (χ4v) is 4.81. The average Bonchev–Trinajstić information content (AvgIpc) is 3.05. The van der Waals surface area contributed by atoms with Gasteiger partial charge in [-0.25, -0.2) is 0 Å². The number of nitrogens with one attached hydrogen (secondary N) is 1. The number of nitrogens with two attached hydrogens (primary N) is 1. The van der Waals surface area contributed by atoms with Crippen LogP contribution >= 0.6 is 24.8 Å². The second-order valence-electron chi connectivity index (χ2n) is 8.68. The number of benzene rings is 1. The van der Waals surface area contributed by atoms with Crippen LogP contribution in [0.15, 0.2) is 18.2 Å². The summed E-state index contributed by atoms with van der Waals surface area (Å²) in [4.78, 5) is 55.7. The Morgan fingerprint density at radius 1 is 0.912 bits per heavy atom. The van der Waals surface area contributed by atoms with Crippen LogP contribution in [0.25, 0.3) is 0 Å². The van der Waals surface area contributed by atoms with Crippen LogP contribution in [0.1, 0.15) is 59.2 Å². The molecule has 0 radical (unpaired) electrons. The van der Waals surface area contributed by atoms with Crippen molar-refractivity contribution in [3.8, 4) is 0 Å². The molecule has 0 bridgehead atoms. The third-order valence-electron chi connectivity index (χ3n) is 6.59. The maximum absolute atomic E-state index is 13.3. The van der Waals surface area contributed by atoms with Crippen molar-refractivity contribution in [2.75, 3.05) is 44.2 Å². The highest BCUT2D eigenvalue weighted by Gasteiger charge is 2.46. The Labute approximate surface area is 212 Å². The zero-order valence-corrected chi connectivity index (χ0v) is 20.8. The maximum Gasteiger partial charge on any atom is 0.264 e. The number of carbonyl (C=O) groups is 4. The van der Waals surface area contributed by atoms with Crippen LogP contribution in [0.2, 0.25) is 0 Å². The van der Waals surface area contributed by atoms with Gasteiger partial charge in [0.25, 0.3) is 11.8 Å². The van der Waals surface area contributed by atoms with Crippen LogP contribution < -0.4 is 16.0 Å². The molecular weight excluding hydrogens is 481 g/mol. The molecule has 0 spiro atoms. The lowest BCUT2D eigenvalue weighted by Crippen LogP contribution is -2.54. The molecule has 1 aromatic rings. The van der Waals surface area contributed by atoms with Gasteiger partial charge in [0, 0.05) is 32.6 Å². The first kappa shape index (κ1) is 28.0. The molecule has 2 fully saturated rings. The summed E-state index contributed by atoms with van der Waals surface area (Å²) in [5, 5.41) is 2.24. The van der Waals surface area contributed by atoms with Gasteiger partial charge in [0.2, 0.25) is 11.8 Å². The van der Waals surface area contributed by atoms with Crippen molar-refractivity contribution in [3.05, 3.63) is 29.3 Å². The molecule has 1 unspecified atom stereocenters. The summed E-state index contributed by atoms with van der Waals surface area (Å²) in [5.74, 6) is -1.87. The Morgan fingerprint density at radius 2 is 1.62 bits per heavy atom. The Balaban J connectivity index is 0.00000204. The third-order valence-corrected chi connectivity index (χ3v) is 6.59. The summed E-state index contributed by atoms with van der Waals surface area (Å²) in [6.45, 7) is 5.17. The average molecular weight is 514 g/mol. The number of nitrogens with zero attached hydrogens (tertiary/aromatic N) is 3. The molecule has 0 aliphatic carbocycles. The van der Waals surface area contributed by atoms with Gasteiger partial charge in [-0.1, -0.05) is 18.9 Å². The predicted octanol–water partition coefficient (Wildman–Crippen LogP) is 1.57. The molecule has 11 heteroatoms. The van der Waals surface area contributed by atoms with Crippen molar-refractivity contribution in [2.24, 2.45) is 5.73 Å². The van der Waals surface area contributed by atoms with Crippen molar-refractivity contribution in [2.45, 2.75) is 44.6 Å². The lowest BCUT2D eigenvalue weighted by molar-refractivity contribution is -0.136. The highest BCUT2D eigenvalue weighted by Crippen LogP contribution is 2.34. The highest BCUT2D eigenvalue weighted by molar-refractivity contribution is 6.25. The summed E-state index contributed by atoms with van der Waals surface area (Å²) in [6, 6.07) is 4.37. The van der Waals surface area contributed by atoms with Crippen LogP contribution in [0.5, 0.6) is 0 Å².